The Morgan fingerprint density at radius 3 is 2.18 bits per heavy atom. The molecule has 0 amide bonds. The first-order chi connectivity index (χ1) is 10.5. The molecular weight excluding hydrogens is 305 g/mol. The van der Waals surface area contributed by atoms with E-state index in [1.165, 1.54) is 11.3 Å². The second-order valence-electron chi connectivity index (χ2n) is 7.34. The van der Waals surface area contributed by atoms with E-state index < -0.39 is 24.4 Å². The Morgan fingerprint density at radius 2 is 1.64 bits per heavy atom. The Hall–Kier alpha value is -0.510. The van der Waals surface area contributed by atoms with Gasteiger partial charge in [0.05, 0.1) is 5.92 Å². The zero-order valence-corrected chi connectivity index (χ0v) is 14.1. The fraction of sp³-hybridized carbons (Fsp3) is 0.778. The number of thiophene rings is 1. The number of hydrogen-bond donors (Lipinski definition) is 0. The van der Waals surface area contributed by atoms with E-state index in [0.717, 1.165) is 22.6 Å². The molecule has 0 aromatic carbocycles. The summed E-state index contributed by atoms with van der Waals surface area (Å²) in [6, 6.07) is 3.77. The van der Waals surface area contributed by atoms with Gasteiger partial charge in [0.1, 0.15) is 18.5 Å². The van der Waals surface area contributed by atoms with Gasteiger partial charge in [-0.25, -0.2) is 13.2 Å². The molecule has 0 bridgehead atoms. The summed E-state index contributed by atoms with van der Waals surface area (Å²) < 4.78 is 43.6. The molecule has 3 rings (SSSR count). The number of alkyl halides is 3. The molecule has 2 aliphatic rings. The van der Waals surface area contributed by atoms with Gasteiger partial charge in [0.15, 0.2) is 0 Å². The van der Waals surface area contributed by atoms with Crippen LogP contribution in [0.3, 0.4) is 0 Å². The van der Waals surface area contributed by atoms with Crippen molar-refractivity contribution in [1.29, 1.82) is 0 Å². The number of halogens is 3. The van der Waals surface area contributed by atoms with E-state index >= 15 is 0 Å². The van der Waals surface area contributed by atoms with Crippen LogP contribution in [0.15, 0.2) is 12.1 Å². The van der Waals surface area contributed by atoms with Gasteiger partial charge in [-0.15, -0.1) is 11.3 Å². The average Bonchev–Trinajstić information content (AvgIpc) is 2.84. The standard InChI is InChI=1S/C18H25F3S/c1-10-3-5-13(14(19)7-10)12-8-15(20)18(16(21)9-12)17-6-4-11(2)22-17/h4,6,10,12-16,18H,3,5,7-9H2,1-2H3. The van der Waals surface area contributed by atoms with Crippen LogP contribution >= 0.6 is 11.3 Å². The average molecular weight is 330 g/mol. The van der Waals surface area contributed by atoms with E-state index in [4.69, 9.17) is 0 Å². The summed E-state index contributed by atoms with van der Waals surface area (Å²) in [5, 5.41) is 0. The third-order valence-corrected chi connectivity index (χ3v) is 6.72. The largest absolute Gasteiger partial charge is 0.247 e. The van der Waals surface area contributed by atoms with E-state index in [1.54, 1.807) is 0 Å². The van der Waals surface area contributed by atoms with Crippen LogP contribution in [0.2, 0.25) is 0 Å². The summed E-state index contributed by atoms with van der Waals surface area (Å²) in [5.41, 5.74) is 0. The van der Waals surface area contributed by atoms with Gasteiger partial charge in [-0.1, -0.05) is 13.3 Å². The first-order valence-corrected chi connectivity index (χ1v) is 9.26. The van der Waals surface area contributed by atoms with E-state index in [-0.39, 0.29) is 11.8 Å². The lowest BCUT2D eigenvalue weighted by atomic mass is 9.67. The zero-order valence-electron chi connectivity index (χ0n) is 13.3. The zero-order chi connectivity index (χ0) is 15.9. The van der Waals surface area contributed by atoms with Crippen LogP contribution in [-0.4, -0.2) is 18.5 Å². The Labute approximate surface area is 135 Å². The van der Waals surface area contributed by atoms with E-state index in [0.29, 0.717) is 25.2 Å². The van der Waals surface area contributed by atoms with Crippen molar-refractivity contribution < 1.29 is 13.2 Å². The van der Waals surface area contributed by atoms with Crippen LogP contribution < -0.4 is 0 Å². The fourth-order valence-corrected chi connectivity index (χ4v) is 5.47. The lowest BCUT2D eigenvalue weighted by Crippen LogP contribution is -2.40. The molecule has 1 heterocycles. The van der Waals surface area contributed by atoms with E-state index in [2.05, 4.69) is 6.92 Å². The van der Waals surface area contributed by atoms with Crippen LogP contribution in [0.4, 0.5) is 13.2 Å². The molecule has 124 valence electrons. The van der Waals surface area contributed by atoms with Crippen LogP contribution in [0, 0.1) is 24.7 Å². The quantitative estimate of drug-likeness (QED) is 0.624. The van der Waals surface area contributed by atoms with Crippen LogP contribution in [0.25, 0.3) is 0 Å². The van der Waals surface area contributed by atoms with Crippen molar-refractivity contribution in [3.63, 3.8) is 0 Å². The Morgan fingerprint density at radius 1 is 0.955 bits per heavy atom. The van der Waals surface area contributed by atoms with Crippen molar-refractivity contribution >= 4 is 11.3 Å². The number of aryl methyl sites for hydroxylation is 1. The van der Waals surface area contributed by atoms with Gasteiger partial charge < -0.3 is 0 Å². The topological polar surface area (TPSA) is 0 Å². The molecule has 5 unspecified atom stereocenters. The summed E-state index contributed by atoms with van der Waals surface area (Å²) in [6.07, 6.45) is -0.269. The van der Waals surface area contributed by atoms with Crippen molar-refractivity contribution in [1.82, 2.24) is 0 Å². The summed E-state index contributed by atoms with van der Waals surface area (Å²) in [5.74, 6) is -0.516. The van der Waals surface area contributed by atoms with Crippen LogP contribution in [-0.2, 0) is 0 Å². The summed E-state index contributed by atoms with van der Waals surface area (Å²) in [6.45, 7) is 4.02. The van der Waals surface area contributed by atoms with Crippen LogP contribution in [0.1, 0.15) is 54.7 Å². The first-order valence-electron chi connectivity index (χ1n) is 8.44. The van der Waals surface area contributed by atoms with Gasteiger partial charge in [-0.3, -0.25) is 0 Å². The second-order valence-corrected chi connectivity index (χ2v) is 8.66. The lowest BCUT2D eigenvalue weighted by molar-refractivity contribution is 0.0142. The first kappa shape index (κ1) is 16.4. The van der Waals surface area contributed by atoms with Gasteiger partial charge in [0, 0.05) is 9.75 Å². The number of hydrogen-bond acceptors (Lipinski definition) is 1. The number of rotatable bonds is 2. The molecule has 0 N–H and O–H groups in total. The van der Waals surface area contributed by atoms with Crippen molar-refractivity contribution in [2.75, 3.05) is 0 Å². The van der Waals surface area contributed by atoms with Gasteiger partial charge in [0.25, 0.3) is 0 Å². The highest BCUT2D eigenvalue weighted by Crippen LogP contribution is 2.48. The summed E-state index contributed by atoms with van der Waals surface area (Å²) in [4.78, 5) is 1.90. The third-order valence-electron chi connectivity index (χ3n) is 5.62. The summed E-state index contributed by atoms with van der Waals surface area (Å²) >= 11 is 1.49. The molecule has 4 heteroatoms. The van der Waals surface area contributed by atoms with Crippen molar-refractivity contribution in [2.45, 2.75) is 70.4 Å². The van der Waals surface area contributed by atoms with Gasteiger partial charge in [-0.05, 0) is 62.5 Å². The molecule has 2 aliphatic carbocycles. The molecule has 2 saturated carbocycles. The molecule has 0 spiro atoms. The SMILES string of the molecule is Cc1ccc(C2C(F)CC(C3CCC(C)CC3F)CC2F)s1. The molecule has 0 saturated heterocycles. The van der Waals surface area contributed by atoms with Crippen molar-refractivity contribution in [3.05, 3.63) is 21.9 Å². The molecular formula is C18H25F3S. The summed E-state index contributed by atoms with van der Waals surface area (Å²) in [7, 11) is 0. The molecule has 0 radical (unpaired) electrons. The molecule has 2 fully saturated rings. The Balaban J connectivity index is 1.70. The predicted octanol–water partition coefficient (Wildman–Crippen LogP) is 6.00. The van der Waals surface area contributed by atoms with Gasteiger partial charge in [0.2, 0.25) is 0 Å². The van der Waals surface area contributed by atoms with Crippen molar-refractivity contribution in [3.8, 4) is 0 Å². The van der Waals surface area contributed by atoms with E-state index in [1.807, 2.05) is 19.1 Å². The molecule has 5 atom stereocenters. The molecule has 0 nitrogen and oxygen atoms in total. The normalized spacial score (nSPS) is 43.2. The van der Waals surface area contributed by atoms with Gasteiger partial charge >= 0.3 is 0 Å². The maximum atomic E-state index is 14.6. The Kier molecular flexibility index (Phi) is 4.86. The smallest absolute Gasteiger partial charge is 0.111 e. The molecule has 0 aliphatic heterocycles. The Bertz CT molecular complexity index is 488. The fourth-order valence-electron chi connectivity index (χ4n) is 4.40. The monoisotopic (exact) mass is 330 g/mol. The van der Waals surface area contributed by atoms with Gasteiger partial charge in [-0.2, -0.15) is 0 Å². The molecule has 22 heavy (non-hydrogen) atoms. The highest BCUT2D eigenvalue weighted by atomic mass is 32.1. The molecule has 1 aromatic heterocycles. The maximum absolute atomic E-state index is 14.6. The van der Waals surface area contributed by atoms with Crippen LogP contribution in [0.5, 0.6) is 0 Å². The highest BCUT2D eigenvalue weighted by molar-refractivity contribution is 7.12. The maximum Gasteiger partial charge on any atom is 0.111 e. The lowest BCUT2D eigenvalue weighted by Gasteiger charge is -2.41. The third kappa shape index (κ3) is 3.22. The minimum absolute atomic E-state index is 0.134. The van der Waals surface area contributed by atoms with E-state index in [9.17, 15) is 13.2 Å². The van der Waals surface area contributed by atoms with Crippen molar-refractivity contribution in [2.24, 2.45) is 17.8 Å². The molecule has 1 aromatic rings. The minimum Gasteiger partial charge on any atom is -0.247 e. The predicted molar refractivity (Wildman–Crippen MR) is 85.7 cm³/mol. The second kappa shape index (κ2) is 6.54. The highest BCUT2D eigenvalue weighted by Gasteiger charge is 2.45. The minimum atomic E-state index is -1.18.